The summed E-state index contributed by atoms with van der Waals surface area (Å²) in [5.41, 5.74) is 1.19. The first-order chi connectivity index (χ1) is 13.5. The van der Waals surface area contributed by atoms with Crippen LogP contribution in [0.2, 0.25) is 0 Å². The van der Waals surface area contributed by atoms with E-state index in [-0.39, 0.29) is 4.90 Å². The highest BCUT2D eigenvalue weighted by atomic mass is 32.2. The van der Waals surface area contributed by atoms with Gasteiger partial charge in [-0.05, 0) is 29.8 Å². The molecule has 0 amide bonds. The van der Waals surface area contributed by atoms with Crippen LogP contribution in [0.25, 0.3) is 0 Å². The number of hydrogen-bond acceptors (Lipinski definition) is 6. The van der Waals surface area contributed by atoms with Crippen LogP contribution in [0.5, 0.6) is 0 Å². The van der Waals surface area contributed by atoms with Crippen LogP contribution in [0.15, 0.2) is 59.5 Å². The monoisotopic (exact) mass is 404 g/mol. The smallest absolute Gasteiger partial charge is 0.337 e. The van der Waals surface area contributed by atoms with Crippen molar-refractivity contribution in [3.8, 4) is 0 Å². The van der Waals surface area contributed by atoms with Gasteiger partial charge in [-0.1, -0.05) is 30.3 Å². The van der Waals surface area contributed by atoms with Crippen molar-refractivity contribution in [1.29, 1.82) is 0 Å². The standard InChI is InChI=1S/C20H24N2O5S/c1-26-20(23)17-7-9-18(10-8-17)28(24,25)21-19(16-5-3-2-4-6-16)15-22-11-13-27-14-12-22/h2-10,19,21H,11-15H2,1H3/t19-/m1/s1. The Morgan fingerprint density at radius 3 is 2.36 bits per heavy atom. The summed E-state index contributed by atoms with van der Waals surface area (Å²) in [5.74, 6) is -0.508. The van der Waals surface area contributed by atoms with Gasteiger partial charge in [0.15, 0.2) is 0 Å². The Bertz CT molecular complexity index is 879. The van der Waals surface area contributed by atoms with Crippen molar-refractivity contribution in [1.82, 2.24) is 9.62 Å². The molecule has 0 radical (unpaired) electrons. The third-order valence-electron chi connectivity index (χ3n) is 4.63. The molecule has 150 valence electrons. The molecule has 1 fully saturated rings. The molecule has 0 bridgehead atoms. The van der Waals surface area contributed by atoms with Gasteiger partial charge in [0.2, 0.25) is 10.0 Å². The quantitative estimate of drug-likeness (QED) is 0.709. The second-order valence-corrected chi connectivity index (χ2v) is 8.23. The summed E-state index contributed by atoms with van der Waals surface area (Å²) in [6.45, 7) is 3.36. The van der Waals surface area contributed by atoms with Gasteiger partial charge in [-0.25, -0.2) is 17.9 Å². The number of methoxy groups -OCH3 is 1. The number of nitrogens with zero attached hydrogens (tertiary/aromatic N) is 1. The van der Waals surface area contributed by atoms with Crippen molar-refractivity contribution < 1.29 is 22.7 Å². The molecule has 7 nitrogen and oxygen atoms in total. The van der Waals surface area contributed by atoms with E-state index in [1.165, 1.54) is 31.4 Å². The molecule has 0 unspecified atom stereocenters. The molecule has 0 spiro atoms. The molecule has 0 aliphatic carbocycles. The highest BCUT2D eigenvalue weighted by Crippen LogP contribution is 2.20. The van der Waals surface area contributed by atoms with Gasteiger partial charge in [-0.15, -0.1) is 0 Å². The fourth-order valence-electron chi connectivity index (χ4n) is 3.08. The van der Waals surface area contributed by atoms with Crippen LogP contribution < -0.4 is 4.72 Å². The minimum Gasteiger partial charge on any atom is -0.465 e. The third-order valence-corrected chi connectivity index (χ3v) is 6.12. The Balaban J connectivity index is 1.81. The van der Waals surface area contributed by atoms with Crippen LogP contribution in [0.3, 0.4) is 0 Å². The van der Waals surface area contributed by atoms with E-state index < -0.39 is 22.0 Å². The zero-order valence-electron chi connectivity index (χ0n) is 15.7. The lowest BCUT2D eigenvalue weighted by Crippen LogP contribution is -2.43. The van der Waals surface area contributed by atoms with Crippen LogP contribution in [0.4, 0.5) is 0 Å². The van der Waals surface area contributed by atoms with E-state index >= 15 is 0 Å². The van der Waals surface area contributed by atoms with Crippen LogP contribution in [0, 0.1) is 0 Å². The summed E-state index contributed by atoms with van der Waals surface area (Å²) in [5, 5.41) is 0. The van der Waals surface area contributed by atoms with Crippen LogP contribution in [-0.4, -0.2) is 59.2 Å². The molecule has 28 heavy (non-hydrogen) atoms. The number of carbonyl (C=O) groups excluding carboxylic acids is 1. The number of benzene rings is 2. The number of ether oxygens (including phenoxy) is 2. The van der Waals surface area contributed by atoms with Crippen molar-refractivity contribution in [3.05, 3.63) is 65.7 Å². The predicted molar refractivity (Wildman–Crippen MR) is 105 cm³/mol. The van der Waals surface area contributed by atoms with Crippen LogP contribution in [0.1, 0.15) is 22.0 Å². The Kier molecular flexibility index (Phi) is 6.79. The number of esters is 1. The molecule has 0 aromatic heterocycles. The highest BCUT2D eigenvalue weighted by Gasteiger charge is 2.24. The van der Waals surface area contributed by atoms with Crippen molar-refractivity contribution in [2.75, 3.05) is 40.0 Å². The zero-order valence-corrected chi connectivity index (χ0v) is 16.5. The van der Waals surface area contributed by atoms with Gasteiger partial charge in [0.25, 0.3) is 0 Å². The highest BCUT2D eigenvalue weighted by molar-refractivity contribution is 7.89. The molecule has 1 aliphatic rings. The molecule has 1 atom stereocenters. The molecule has 1 saturated heterocycles. The van der Waals surface area contributed by atoms with Gasteiger partial charge in [-0.3, -0.25) is 4.90 Å². The first kappa shape index (κ1) is 20.5. The van der Waals surface area contributed by atoms with E-state index in [1.807, 2.05) is 30.3 Å². The number of carbonyl (C=O) groups is 1. The molecular formula is C20H24N2O5S. The van der Waals surface area contributed by atoms with E-state index in [9.17, 15) is 13.2 Å². The largest absolute Gasteiger partial charge is 0.465 e. The van der Waals surface area contributed by atoms with Crippen LogP contribution >= 0.6 is 0 Å². The summed E-state index contributed by atoms with van der Waals surface area (Å²) in [6.07, 6.45) is 0. The van der Waals surface area contributed by atoms with E-state index in [2.05, 4.69) is 14.4 Å². The molecule has 1 heterocycles. The summed E-state index contributed by atoms with van der Waals surface area (Å²) in [6, 6.07) is 14.8. The molecule has 0 saturated carbocycles. The Morgan fingerprint density at radius 1 is 1.11 bits per heavy atom. The van der Waals surface area contributed by atoms with Crippen molar-refractivity contribution in [2.45, 2.75) is 10.9 Å². The number of rotatable bonds is 7. The summed E-state index contributed by atoms with van der Waals surface area (Å²) >= 11 is 0. The third kappa shape index (κ3) is 5.17. The van der Waals surface area contributed by atoms with Crippen molar-refractivity contribution in [3.63, 3.8) is 0 Å². The molecule has 2 aromatic carbocycles. The van der Waals surface area contributed by atoms with Gasteiger partial charge in [-0.2, -0.15) is 0 Å². The molecule has 1 aliphatic heterocycles. The maximum absolute atomic E-state index is 12.9. The van der Waals surface area contributed by atoms with Gasteiger partial charge < -0.3 is 9.47 Å². The fourth-order valence-corrected chi connectivity index (χ4v) is 4.30. The lowest BCUT2D eigenvalue weighted by atomic mass is 10.1. The van der Waals surface area contributed by atoms with Crippen LogP contribution in [-0.2, 0) is 19.5 Å². The maximum Gasteiger partial charge on any atom is 0.337 e. The minimum absolute atomic E-state index is 0.100. The number of sulfonamides is 1. The molecule has 8 heteroatoms. The summed E-state index contributed by atoms with van der Waals surface area (Å²) in [7, 11) is -2.49. The predicted octanol–water partition coefficient (Wildman–Crippen LogP) is 1.82. The molecular weight excluding hydrogens is 380 g/mol. The first-order valence-electron chi connectivity index (χ1n) is 9.05. The first-order valence-corrected chi connectivity index (χ1v) is 10.5. The topological polar surface area (TPSA) is 84.9 Å². The SMILES string of the molecule is COC(=O)c1ccc(S(=O)(=O)N[C@H](CN2CCOCC2)c2ccccc2)cc1. The normalized spacial score (nSPS) is 16.5. The van der Waals surface area contributed by atoms with E-state index in [4.69, 9.17) is 4.74 Å². The van der Waals surface area contributed by atoms with E-state index in [0.717, 1.165) is 18.7 Å². The van der Waals surface area contributed by atoms with Gasteiger partial charge >= 0.3 is 5.97 Å². The molecule has 1 N–H and O–H groups in total. The lowest BCUT2D eigenvalue weighted by molar-refractivity contribution is 0.0345. The average molecular weight is 404 g/mol. The average Bonchev–Trinajstić information content (AvgIpc) is 2.74. The Hall–Kier alpha value is -2.26. The maximum atomic E-state index is 12.9. The minimum atomic E-state index is -3.77. The Labute approximate surface area is 165 Å². The second-order valence-electron chi connectivity index (χ2n) is 6.51. The molecule has 2 aromatic rings. The van der Waals surface area contributed by atoms with E-state index in [1.54, 1.807) is 0 Å². The second kappa shape index (κ2) is 9.29. The van der Waals surface area contributed by atoms with Gasteiger partial charge in [0.05, 0.1) is 36.8 Å². The number of morpholine rings is 1. The van der Waals surface area contributed by atoms with Gasteiger partial charge in [0, 0.05) is 19.6 Å². The van der Waals surface area contributed by atoms with Crippen molar-refractivity contribution >= 4 is 16.0 Å². The Morgan fingerprint density at radius 2 is 1.75 bits per heavy atom. The van der Waals surface area contributed by atoms with Gasteiger partial charge in [0.1, 0.15) is 0 Å². The molecule has 3 rings (SSSR count). The van der Waals surface area contributed by atoms with E-state index in [0.29, 0.717) is 25.3 Å². The number of nitrogens with one attached hydrogen (secondary N) is 1. The fraction of sp³-hybridized carbons (Fsp3) is 0.350. The summed E-state index contributed by atoms with van der Waals surface area (Å²) in [4.78, 5) is 13.8. The summed E-state index contributed by atoms with van der Waals surface area (Å²) < 4.78 is 38.7. The lowest BCUT2D eigenvalue weighted by Gasteiger charge is -2.31. The zero-order chi connectivity index (χ0) is 20.0. The van der Waals surface area contributed by atoms with Crippen molar-refractivity contribution in [2.24, 2.45) is 0 Å². The number of hydrogen-bond donors (Lipinski definition) is 1.